The van der Waals surface area contributed by atoms with Crippen molar-refractivity contribution in [1.29, 1.82) is 0 Å². The van der Waals surface area contributed by atoms with Crippen molar-refractivity contribution >= 4 is 9.84 Å². The van der Waals surface area contributed by atoms with Crippen molar-refractivity contribution < 1.29 is 8.42 Å². The second kappa shape index (κ2) is 5.41. The van der Waals surface area contributed by atoms with Crippen molar-refractivity contribution in [3.63, 3.8) is 0 Å². The lowest BCUT2D eigenvalue weighted by Crippen LogP contribution is -2.21. The fraction of sp³-hybridized carbons (Fsp3) is 0.571. The second-order valence-electron chi connectivity index (χ2n) is 5.86. The zero-order valence-electron chi connectivity index (χ0n) is 11.6. The molecule has 102 valence electrons. The Balaban J connectivity index is 2.96. The summed E-state index contributed by atoms with van der Waals surface area (Å²) in [6.07, 6.45) is 1.71. The quantitative estimate of drug-likeness (QED) is 0.913. The van der Waals surface area contributed by atoms with Gasteiger partial charge >= 0.3 is 0 Å². The predicted molar refractivity (Wildman–Crippen MR) is 76.4 cm³/mol. The molecule has 0 saturated heterocycles. The number of sulfone groups is 1. The summed E-state index contributed by atoms with van der Waals surface area (Å²) in [7, 11) is -2.96. The van der Waals surface area contributed by atoms with E-state index in [-0.39, 0.29) is 17.2 Å². The first-order valence-electron chi connectivity index (χ1n) is 6.14. The van der Waals surface area contributed by atoms with Crippen LogP contribution < -0.4 is 5.73 Å². The summed E-state index contributed by atoms with van der Waals surface area (Å²) in [6.45, 7) is 6.40. The largest absolute Gasteiger partial charge is 0.324 e. The summed E-state index contributed by atoms with van der Waals surface area (Å²) in [4.78, 5) is 0. The van der Waals surface area contributed by atoms with Crippen LogP contribution in [-0.4, -0.2) is 20.4 Å². The molecule has 3 nitrogen and oxygen atoms in total. The summed E-state index contributed by atoms with van der Waals surface area (Å²) in [5.41, 5.74) is 8.38. The van der Waals surface area contributed by atoms with Gasteiger partial charge in [0.1, 0.15) is 9.84 Å². The van der Waals surface area contributed by atoms with E-state index in [1.165, 1.54) is 11.8 Å². The number of hydrogen-bond donors (Lipinski definition) is 1. The molecule has 0 aliphatic rings. The molecule has 0 spiro atoms. The summed E-state index contributed by atoms with van der Waals surface area (Å²) >= 11 is 0. The Morgan fingerprint density at radius 2 is 1.78 bits per heavy atom. The molecule has 0 bridgehead atoms. The van der Waals surface area contributed by atoms with Crippen LogP contribution in [-0.2, 0) is 15.3 Å². The minimum Gasteiger partial charge on any atom is -0.324 e. The van der Waals surface area contributed by atoms with Crippen molar-refractivity contribution in [2.45, 2.75) is 38.6 Å². The van der Waals surface area contributed by atoms with Gasteiger partial charge in [0.05, 0.1) is 5.75 Å². The average molecular weight is 269 g/mol. The Labute approximate surface area is 110 Å². The monoisotopic (exact) mass is 269 g/mol. The molecule has 0 amide bonds. The molecule has 4 heteroatoms. The van der Waals surface area contributed by atoms with Gasteiger partial charge in [0, 0.05) is 12.3 Å². The normalized spacial score (nSPS) is 14.5. The fourth-order valence-corrected chi connectivity index (χ4v) is 2.68. The minimum absolute atomic E-state index is 0.0132. The highest BCUT2D eigenvalue weighted by molar-refractivity contribution is 7.90. The Kier molecular flexibility index (Phi) is 4.56. The molecule has 1 rings (SSSR count). The number of rotatable bonds is 4. The SMILES string of the molecule is CC(C)(C)c1ccccc1C(N)CCS(C)(=O)=O. The first-order valence-corrected chi connectivity index (χ1v) is 8.20. The van der Waals surface area contributed by atoms with Gasteiger partial charge in [-0.2, -0.15) is 0 Å². The van der Waals surface area contributed by atoms with Crippen LogP contribution in [0.25, 0.3) is 0 Å². The smallest absolute Gasteiger partial charge is 0.147 e. The fourth-order valence-electron chi connectivity index (χ4n) is 2.00. The summed E-state index contributed by atoms with van der Waals surface area (Å²) in [5.74, 6) is 0.132. The molecule has 0 heterocycles. The third-order valence-corrected chi connectivity index (χ3v) is 3.95. The second-order valence-corrected chi connectivity index (χ2v) is 8.12. The molecule has 1 aromatic carbocycles. The average Bonchev–Trinajstić information content (AvgIpc) is 2.24. The van der Waals surface area contributed by atoms with Crippen molar-refractivity contribution in [1.82, 2.24) is 0 Å². The van der Waals surface area contributed by atoms with Crippen LogP contribution in [0.2, 0.25) is 0 Å². The number of nitrogens with two attached hydrogens (primary N) is 1. The van der Waals surface area contributed by atoms with E-state index < -0.39 is 9.84 Å². The van der Waals surface area contributed by atoms with Gasteiger partial charge in [-0.15, -0.1) is 0 Å². The van der Waals surface area contributed by atoms with E-state index in [4.69, 9.17) is 5.73 Å². The Hall–Kier alpha value is -0.870. The highest BCUT2D eigenvalue weighted by Gasteiger charge is 2.21. The zero-order chi connectivity index (χ0) is 14.0. The van der Waals surface area contributed by atoms with Crippen LogP contribution in [0, 0.1) is 0 Å². The van der Waals surface area contributed by atoms with Gasteiger partial charge in [0.25, 0.3) is 0 Å². The molecule has 0 aromatic heterocycles. The van der Waals surface area contributed by atoms with E-state index in [9.17, 15) is 8.42 Å². The van der Waals surface area contributed by atoms with Gasteiger partial charge in [-0.25, -0.2) is 8.42 Å². The summed E-state index contributed by atoms with van der Waals surface area (Å²) < 4.78 is 22.4. The third kappa shape index (κ3) is 4.42. The summed E-state index contributed by atoms with van der Waals surface area (Å²) in [6, 6.07) is 7.77. The first-order chi connectivity index (χ1) is 8.11. The predicted octanol–water partition coefficient (Wildman–Crippen LogP) is 2.42. The van der Waals surface area contributed by atoms with Gasteiger partial charge in [-0.1, -0.05) is 45.0 Å². The number of benzene rings is 1. The van der Waals surface area contributed by atoms with E-state index in [0.717, 1.165) is 5.56 Å². The van der Waals surface area contributed by atoms with Gasteiger partial charge in [-0.3, -0.25) is 0 Å². The molecule has 1 atom stereocenters. The molecule has 0 saturated carbocycles. The van der Waals surface area contributed by atoms with E-state index in [1.54, 1.807) is 0 Å². The molecule has 1 aromatic rings. The van der Waals surface area contributed by atoms with E-state index in [2.05, 4.69) is 26.8 Å². The minimum atomic E-state index is -2.96. The van der Waals surface area contributed by atoms with Gasteiger partial charge in [0.15, 0.2) is 0 Å². The van der Waals surface area contributed by atoms with Gasteiger partial charge < -0.3 is 5.73 Å². The zero-order valence-corrected chi connectivity index (χ0v) is 12.4. The lowest BCUT2D eigenvalue weighted by atomic mass is 9.81. The highest BCUT2D eigenvalue weighted by Crippen LogP contribution is 2.29. The van der Waals surface area contributed by atoms with Gasteiger partial charge in [-0.05, 0) is 23.0 Å². The standard InChI is InChI=1S/C14H23NO2S/c1-14(2,3)12-8-6-5-7-11(12)13(15)9-10-18(4,16)17/h5-8,13H,9-10,15H2,1-4H3. The molecule has 0 aliphatic carbocycles. The van der Waals surface area contributed by atoms with E-state index in [1.807, 2.05) is 18.2 Å². The first kappa shape index (κ1) is 15.2. The van der Waals surface area contributed by atoms with Crippen molar-refractivity contribution in [3.8, 4) is 0 Å². The molecular weight excluding hydrogens is 246 g/mol. The Bertz CT molecular complexity index is 501. The number of hydrogen-bond acceptors (Lipinski definition) is 3. The lowest BCUT2D eigenvalue weighted by molar-refractivity contribution is 0.562. The van der Waals surface area contributed by atoms with Crippen LogP contribution in [0.15, 0.2) is 24.3 Å². The van der Waals surface area contributed by atoms with Crippen LogP contribution >= 0.6 is 0 Å². The van der Waals surface area contributed by atoms with Crippen LogP contribution in [0.5, 0.6) is 0 Å². The molecule has 0 radical (unpaired) electrons. The third-order valence-electron chi connectivity index (χ3n) is 2.97. The van der Waals surface area contributed by atoms with Crippen LogP contribution in [0.3, 0.4) is 0 Å². The van der Waals surface area contributed by atoms with Crippen molar-refractivity contribution in [2.24, 2.45) is 5.73 Å². The molecular formula is C14H23NO2S. The van der Waals surface area contributed by atoms with E-state index in [0.29, 0.717) is 6.42 Å². The lowest BCUT2D eigenvalue weighted by Gasteiger charge is -2.25. The molecule has 0 fully saturated rings. The maximum Gasteiger partial charge on any atom is 0.147 e. The molecule has 18 heavy (non-hydrogen) atoms. The topological polar surface area (TPSA) is 60.2 Å². The van der Waals surface area contributed by atoms with Crippen LogP contribution in [0.1, 0.15) is 44.4 Å². The molecule has 0 aliphatic heterocycles. The van der Waals surface area contributed by atoms with Crippen LogP contribution in [0.4, 0.5) is 0 Å². The maximum atomic E-state index is 11.2. The Morgan fingerprint density at radius 1 is 1.22 bits per heavy atom. The highest BCUT2D eigenvalue weighted by atomic mass is 32.2. The molecule has 1 unspecified atom stereocenters. The van der Waals surface area contributed by atoms with Crippen molar-refractivity contribution in [3.05, 3.63) is 35.4 Å². The Morgan fingerprint density at radius 3 is 2.28 bits per heavy atom. The van der Waals surface area contributed by atoms with E-state index >= 15 is 0 Å². The molecule has 2 N–H and O–H groups in total. The summed E-state index contributed by atoms with van der Waals surface area (Å²) in [5, 5.41) is 0. The van der Waals surface area contributed by atoms with Gasteiger partial charge in [0.2, 0.25) is 0 Å². The maximum absolute atomic E-state index is 11.2. The van der Waals surface area contributed by atoms with Crippen molar-refractivity contribution in [2.75, 3.05) is 12.0 Å².